The van der Waals surface area contributed by atoms with E-state index in [9.17, 15) is 0 Å². The van der Waals surface area contributed by atoms with Crippen LogP contribution in [0.15, 0.2) is 60.7 Å². The quantitative estimate of drug-likeness (QED) is 0.425. The number of nitrogens with zero attached hydrogens (tertiary/aromatic N) is 1. The van der Waals surface area contributed by atoms with E-state index >= 15 is 0 Å². The Balaban J connectivity index is -0.0000000789. The van der Waals surface area contributed by atoms with Crippen LogP contribution in [0.5, 0.6) is 0 Å². The van der Waals surface area contributed by atoms with Gasteiger partial charge in [-0.25, -0.2) is 0 Å². The maximum absolute atomic E-state index is 6.25. The molecule has 0 unspecified atom stereocenters. The van der Waals surface area contributed by atoms with E-state index in [-0.39, 0.29) is 79.8 Å². The zero-order valence-corrected chi connectivity index (χ0v) is 19.0. The van der Waals surface area contributed by atoms with Gasteiger partial charge in [0.1, 0.15) is 0 Å². The second-order valence-electron chi connectivity index (χ2n) is 4.73. The fraction of sp³-hybridized carbons (Fsp3) is 0.222. The molecular formula is C18H25CuLi2NSi2. The van der Waals surface area contributed by atoms with Crippen molar-refractivity contribution in [3.8, 4) is 0 Å². The third kappa shape index (κ3) is 16.9. The summed E-state index contributed by atoms with van der Waals surface area (Å²) in [6, 6.07) is 21.4. The molecule has 2 aromatic carbocycles. The average Bonchev–Trinajstić information content (AvgIpc) is 2.51. The van der Waals surface area contributed by atoms with Crippen molar-refractivity contribution in [1.82, 2.24) is 0 Å². The summed E-state index contributed by atoms with van der Waals surface area (Å²) in [5.74, 6) is 0. The first-order chi connectivity index (χ1) is 9.61. The van der Waals surface area contributed by atoms with E-state index in [1.807, 2.05) is 0 Å². The summed E-state index contributed by atoms with van der Waals surface area (Å²) in [5, 5.41) is 9.28. The van der Waals surface area contributed by atoms with Crippen LogP contribution in [0.4, 0.5) is 0 Å². The first-order valence-corrected chi connectivity index (χ1v) is 11.5. The minimum atomic E-state index is -0.212. The molecule has 24 heavy (non-hydrogen) atoms. The van der Waals surface area contributed by atoms with Gasteiger partial charge in [0.25, 0.3) is 0 Å². The van der Waals surface area contributed by atoms with Gasteiger partial charge in [-0.05, 0) is 0 Å². The third-order valence-electron chi connectivity index (χ3n) is 2.70. The van der Waals surface area contributed by atoms with Gasteiger partial charge in [-0.2, -0.15) is 0 Å². The Morgan fingerprint density at radius 2 is 0.833 bits per heavy atom. The fourth-order valence-corrected chi connectivity index (χ4v) is 3.26. The van der Waals surface area contributed by atoms with Crippen LogP contribution < -0.4 is 48.1 Å². The Morgan fingerprint density at radius 1 is 0.625 bits per heavy atom. The Labute approximate surface area is 187 Å². The van der Waals surface area contributed by atoms with Gasteiger partial charge in [0.15, 0.2) is 0 Å². The zero-order valence-electron chi connectivity index (χ0n) is 16.0. The topological polar surface area (TPSA) is 23.8 Å². The molecule has 2 rings (SSSR count). The average molecular weight is 389 g/mol. The van der Waals surface area contributed by atoms with E-state index in [1.54, 1.807) is 0 Å². The molecule has 0 aliphatic carbocycles. The Morgan fingerprint density at radius 3 is 0.958 bits per heavy atom. The van der Waals surface area contributed by atoms with Gasteiger partial charge < -0.3 is 19.3 Å². The van der Waals surface area contributed by atoms with Crippen molar-refractivity contribution in [1.29, 1.82) is 5.26 Å². The third-order valence-corrected chi connectivity index (χ3v) is 5.68. The van der Waals surface area contributed by atoms with Crippen LogP contribution >= 0.6 is 0 Å². The number of benzene rings is 2. The molecule has 2 aromatic rings. The molecule has 1 nitrogen and oxygen atoms in total. The smallest absolute Gasteiger partial charge is 0.512 e. The van der Waals surface area contributed by atoms with E-state index in [0.29, 0.717) is 0 Å². The first-order valence-electron chi connectivity index (χ1n) is 6.54. The van der Waals surface area contributed by atoms with Crippen LogP contribution in [-0.2, 0) is 17.1 Å². The molecule has 0 heterocycles. The van der Waals surface area contributed by atoms with Gasteiger partial charge in [-0.1, -0.05) is 97.2 Å². The minimum absolute atomic E-state index is 0. The second-order valence-corrected chi connectivity index (χ2v) is 9.89. The maximum Gasteiger partial charge on any atom is 1.00 e. The minimum Gasteiger partial charge on any atom is -0.512 e. The van der Waals surface area contributed by atoms with Crippen molar-refractivity contribution < 1.29 is 54.8 Å². The van der Waals surface area contributed by atoms with Crippen LogP contribution in [0.3, 0.4) is 0 Å². The van der Waals surface area contributed by atoms with Gasteiger partial charge in [0.05, 0.1) is 17.6 Å². The van der Waals surface area contributed by atoms with Crippen molar-refractivity contribution in [3.63, 3.8) is 0 Å². The normalized spacial score (nSPS) is 7.67. The van der Waals surface area contributed by atoms with Crippen molar-refractivity contribution in [2.75, 3.05) is 0 Å². The van der Waals surface area contributed by atoms with Crippen LogP contribution in [0.1, 0.15) is 0 Å². The van der Waals surface area contributed by atoms with E-state index < -0.39 is 0 Å². The summed E-state index contributed by atoms with van der Waals surface area (Å²) < 4.78 is 0. The number of hydrogen-bond acceptors (Lipinski definition) is 1. The summed E-state index contributed by atoms with van der Waals surface area (Å²) in [4.78, 5) is 0. The number of hydrogen-bond donors (Lipinski definition) is 0. The first kappa shape index (κ1) is 35.2. The largest absolute Gasteiger partial charge is 1.00 e. The molecule has 0 amide bonds. The molecule has 6 heteroatoms. The maximum atomic E-state index is 6.25. The molecule has 0 aliphatic rings. The molecule has 0 saturated heterocycles. The molecule has 3 radical (unpaired) electrons. The molecule has 0 N–H and O–H groups in total. The van der Waals surface area contributed by atoms with Crippen LogP contribution in [0, 0.1) is 19.3 Å². The molecular weight excluding hydrogens is 364 g/mol. The molecule has 0 bridgehead atoms. The molecule has 0 aromatic heterocycles. The Hall–Kier alpha value is 0.0781. The predicted octanol–water partition coefficient (Wildman–Crippen LogP) is -2.15. The molecule has 0 fully saturated rings. The summed E-state index contributed by atoms with van der Waals surface area (Å²) in [6.07, 6.45) is 0. The van der Waals surface area contributed by atoms with Gasteiger partial charge in [-0.15, -0.1) is 0 Å². The van der Waals surface area contributed by atoms with E-state index in [2.05, 4.69) is 86.9 Å². The van der Waals surface area contributed by atoms with E-state index in [1.165, 1.54) is 10.4 Å². The monoisotopic (exact) mass is 388 g/mol. The SMILES string of the molecule is C[Si](C)c1ccccc1.C[Si](C)c1ccccc1.[C-]#N.[CH3-].[Cu].[Li+].[Li+]. The molecule has 123 valence electrons. The predicted molar refractivity (Wildman–Crippen MR) is 98.5 cm³/mol. The van der Waals surface area contributed by atoms with Gasteiger partial charge in [0, 0.05) is 17.1 Å². The zero-order chi connectivity index (χ0) is 15.4. The molecule has 0 spiro atoms. The second kappa shape index (κ2) is 23.1. The molecule has 0 saturated carbocycles. The number of rotatable bonds is 2. The van der Waals surface area contributed by atoms with Gasteiger partial charge in [0.2, 0.25) is 0 Å². The van der Waals surface area contributed by atoms with Crippen molar-refractivity contribution in [3.05, 3.63) is 74.7 Å². The summed E-state index contributed by atoms with van der Waals surface area (Å²) in [5.41, 5.74) is 0. The van der Waals surface area contributed by atoms with Crippen LogP contribution in [0.25, 0.3) is 0 Å². The Kier molecular flexibility index (Phi) is 33.9. The summed E-state index contributed by atoms with van der Waals surface area (Å²) in [7, 11) is -0.424. The van der Waals surface area contributed by atoms with Crippen LogP contribution in [-0.4, -0.2) is 17.6 Å². The fourth-order valence-electron chi connectivity index (χ4n) is 1.54. The van der Waals surface area contributed by atoms with Gasteiger partial charge >= 0.3 is 37.7 Å². The summed E-state index contributed by atoms with van der Waals surface area (Å²) in [6.45, 7) is 14.0. The molecule has 0 atom stereocenters. The van der Waals surface area contributed by atoms with Crippen molar-refractivity contribution in [2.24, 2.45) is 0 Å². The Bertz CT molecular complexity index is 437. The van der Waals surface area contributed by atoms with E-state index in [0.717, 1.165) is 0 Å². The van der Waals surface area contributed by atoms with Crippen molar-refractivity contribution >= 4 is 28.0 Å². The molecule has 0 aliphatic heterocycles. The van der Waals surface area contributed by atoms with Crippen LogP contribution in [0.2, 0.25) is 26.2 Å². The summed E-state index contributed by atoms with van der Waals surface area (Å²) >= 11 is 0. The van der Waals surface area contributed by atoms with Gasteiger partial charge in [-0.3, -0.25) is 0 Å². The standard InChI is InChI=1S/2C8H11Si.CN.CH3.Cu.2Li/c2*1-9(2)8-6-4-3-5-7-8;1-2;;;;/h2*3-7H,1-2H3;;1H3;;;/q;;2*-1;;2*+1. The van der Waals surface area contributed by atoms with E-state index in [4.69, 9.17) is 11.8 Å². The van der Waals surface area contributed by atoms with Crippen molar-refractivity contribution in [2.45, 2.75) is 26.2 Å².